The molecule has 1 heterocycles. The smallest absolute Gasteiger partial charge is 0.196 e. The van der Waals surface area contributed by atoms with Crippen molar-refractivity contribution < 1.29 is 0 Å². The van der Waals surface area contributed by atoms with Crippen LogP contribution in [0.4, 0.5) is 0 Å². The molecule has 0 amide bonds. The average Bonchev–Trinajstić information content (AvgIpc) is 1.91. The number of aromatic nitrogens is 2. The van der Waals surface area contributed by atoms with Gasteiger partial charge in [-0.2, -0.15) is 8.75 Å². The highest BCUT2D eigenvalue weighted by molar-refractivity contribution is 7.00. The van der Waals surface area contributed by atoms with Crippen LogP contribution in [-0.2, 0) is 0 Å². The van der Waals surface area contributed by atoms with Crippen LogP contribution in [0.1, 0.15) is 0 Å². The molecule has 0 aliphatic rings. The van der Waals surface area contributed by atoms with Gasteiger partial charge in [-0.05, 0) is 0 Å². The van der Waals surface area contributed by atoms with E-state index in [2.05, 4.69) is 8.75 Å². The van der Waals surface area contributed by atoms with E-state index in [9.17, 15) is 0 Å². The minimum absolute atomic E-state index is 0.580. The maximum absolute atomic E-state index is 5.50. The van der Waals surface area contributed by atoms with Gasteiger partial charge >= 0.3 is 0 Å². The molecule has 0 radical (unpaired) electrons. The molecule has 0 aromatic carbocycles. The summed E-state index contributed by atoms with van der Waals surface area (Å²) < 4.78 is 8.57. The third-order valence-corrected chi connectivity index (χ3v) is 3.01. The first kappa shape index (κ1) is 5.52. The Kier molecular flexibility index (Phi) is 1.66. The number of hydrogen-bond donors (Lipinski definition) is 0. The zero-order chi connectivity index (χ0) is 5.28. The molecule has 5 heteroatoms. The van der Waals surface area contributed by atoms with Crippen molar-refractivity contribution in [2.45, 2.75) is 0 Å². The molecule has 0 aliphatic carbocycles. The molecular formula is C2H2AlClN2S. The fraction of sp³-hybridized carbons (Fsp3) is 0. The lowest BCUT2D eigenvalue weighted by atomic mass is 10.9. The van der Waals surface area contributed by atoms with Gasteiger partial charge in [0.25, 0.3) is 16.3 Å². The van der Waals surface area contributed by atoms with Crippen LogP contribution in [0.25, 0.3) is 0 Å². The van der Waals surface area contributed by atoms with Crippen LogP contribution in [-0.4, -0.2) is 25.0 Å². The van der Waals surface area contributed by atoms with Gasteiger partial charge in [-0.25, -0.2) is 0 Å². The Morgan fingerprint density at radius 3 is 2.43 bits per heavy atom. The monoisotopic (exact) mass is 148 g/mol. The lowest BCUT2D eigenvalue weighted by Gasteiger charge is -1.72. The summed E-state index contributed by atoms with van der Waals surface area (Å²) in [5, 5.41) is 0.580. The van der Waals surface area contributed by atoms with Gasteiger partial charge in [0.2, 0.25) is 0 Å². The van der Waals surface area contributed by atoms with Crippen molar-refractivity contribution in [3.63, 3.8) is 0 Å². The highest BCUT2D eigenvalue weighted by Gasteiger charge is 1.93. The largest absolute Gasteiger partial charge is 0.297 e. The summed E-state index contributed by atoms with van der Waals surface area (Å²) in [6.45, 7) is 0. The van der Waals surface area contributed by atoms with Gasteiger partial charge in [-0.15, -0.1) is 0 Å². The predicted molar refractivity (Wildman–Crippen MR) is 33.1 cm³/mol. The third kappa shape index (κ3) is 1.14. The van der Waals surface area contributed by atoms with E-state index in [1.54, 1.807) is 0 Å². The normalized spacial score (nSPS) is 9.29. The molecular weight excluding hydrogens is 147 g/mol. The van der Waals surface area contributed by atoms with Gasteiger partial charge in [0, 0.05) is 4.56 Å². The number of hydrogen-bond acceptors (Lipinski definition) is 3. The second kappa shape index (κ2) is 2.10. The van der Waals surface area contributed by atoms with Crippen LogP contribution >= 0.6 is 23.3 Å². The van der Waals surface area contributed by atoms with Crippen LogP contribution in [0.5, 0.6) is 0 Å². The highest BCUT2D eigenvalue weighted by Crippen LogP contribution is 1.96. The van der Waals surface area contributed by atoms with E-state index in [4.69, 9.17) is 11.6 Å². The van der Waals surface area contributed by atoms with Gasteiger partial charge in [0.05, 0.1) is 11.7 Å². The summed E-state index contributed by atoms with van der Waals surface area (Å²) in [7, 11) is 0. The minimum atomic E-state index is 0.580. The third-order valence-electron chi connectivity index (χ3n) is 0.597. The quantitative estimate of drug-likeness (QED) is 0.462. The molecule has 7 heavy (non-hydrogen) atoms. The molecule has 0 saturated carbocycles. The van der Waals surface area contributed by atoms with Crippen LogP contribution in [0, 0.1) is 0 Å². The first-order chi connectivity index (χ1) is 3.30. The van der Waals surface area contributed by atoms with E-state index in [1.807, 2.05) is 0 Å². The highest BCUT2D eigenvalue weighted by atomic mass is 35.5. The van der Waals surface area contributed by atoms with E-state index in [1.165, 1.54) is 11.7 Å². The number of nitrogens with zero attached hydrogens (tertiary/aromatic N) is 2. The Morgan fingerprint density at radius 1 is 1.57 bits per heavy atom. The van der Waals surface area contributed by atoms with Crippen molar-refractivity contribution in [1.82, 2.24) is 8.75 Å². The van der Waals surface area contributed by atoms with Crippen molar-refractivity contribution >= 4 is 44.2 Å². The summed E-state index contributed by atoms with van der Waals surface area (Å²) in [5.74, 6) is 0. The maximum atomic E-state index is 5.50. The van der Waals surface area contributed by atoms with E-state index < -0.39 is 0 Å². The fourth-order valence-corrected chi connectivity index (χ4v) is 1.38. The van der Waals surface area contributed by atoms with Crippen molar-refractivity contribution in [1.29, 1.82) is 0 Å². The second-order valence-corrected chi connectivity index (χ2v) is 2.97. The zero-order valence-electron chi connectivity index (χ0n) is 3.68. The van der Waals surface area contributed by atoms with Crippen molar-refractivity contribution in [2.24, 2.45) is 0 Å². The first-order valence-electron chi connectivity index (χ1n) is 1.75. The molecule has 0 unspecified atom stereocenters. The van der Waals surface area contributed by atoms with Crippen LogP contribution < -0.4 is 4.56 Å². The predicted octanol–water partition coefficient (Wildman–Crippen LogP) is -0.550. The van der Waals surface area contributed by atoms with Crippen LogP contribution in [0.2, 0.25) is 5.15 Å². The Bertz CT molecular complexity index is 148. The minimum Gasteiger partial charge on any atom is -0.196 e. The van der Waals surface area contributed by atoms with Gasteiger partial charge in [-0.3, -0.25) is 0 Å². The summed E-state index contributed by atoms with van der Waals surface area (Å²) >= 11 is 7.57. The number of rotatable bonds is 0. The van der Waals surface area contributed by atoms with Gasteiger partial charge in [-0.1, -0.05) is 11.6 Å². The zero-order valence-corrected chi connectivity index (χ0v) is 7.25. The van der Waals surface area contributed by atoms with E-state index in [0.717, 1.165) is 20.8 Å². The first-order valence-corrected chi connectivity index (χ1v) is 3.86. The Labute approximate surface area is 58.3 Å². The maximum Gasteiger partial charge on any atom is 0.297 e. The summed E-state index contributed by atoms with van der Waals surface area (Å²) in [5.41, 5.74) is 0. The standard InChI is InChI=1S/C2ClN2S.Al.2H/c3-2-1-4-6-5-2;;;. The van der Waals surface area contributed by atoms with Gasteiger partial charge < -0.3 is 0 Å². The molecule has 0 bridgehead atoms. The topological polar surface area (TPSA) is 25.8 Å². The lowest BCUT2D eigenvalue weighted by molar-refractivity contribution is 1.59. The molecule has 0 saturated heterocycles. The van der Waals surface area contributed by atoms with Crippen LogP contribution in [0.15, 0.2) is 0 Å². The Balaban J connectivity index is 3.12. The molecule has 2 nitrogen and oxygen atoms in total. The molecule has 1 aromatic heterocycles. The van der Waals surface area contributed by atoms with E-state index in [0.29, 0.717) is 5.15 Å². The molecule has 0 aliphatic heterocycles. The molecule has 0 spiro atoms. The fourth-order valence-electron chi connectivity index (χ4n) is 0.221. The second-order valence-electron chi connectivity index (χ2n) is 1.14. The molecule has 0 fully saturated rings. The molecule has 0 N–H and O–H groups in total. The molecule has 1 rings (SSSR count). The average molecular weight is 149 g/mol. The van der Waals surface area contributed by atoms with E-state index >= 15 is 0 Å². The Morgan fingerprint density at radius 2 is 2.29 bits per heavy atom. The van der Waals surface area contributed by atoms with Gasteiger partial charge in [0.15, 0.2) is 0 Å². The summed E-state index contributed by atoms with van der Waals surface area (Å²) in [6.07, 6.45) is 0. The molecule has 1 aromatic rings. The van der Waals surface area contributed by atoms with Crippen molar-refractivity contribution in [2.75, 3.05) is 0 Å². The Hall–Kier alpha value is 0.382. The summed E-state index contributed by atoms with van der Waals surface area (Å²) in [4.78, 5) is 0. The van der Waals surface area contributed by atoms with Gasteiger partial charge in [0.1, 0.15) is 5.15 Å². The molecule has 0 atom stereocenters. The van der Waals surface area contributed by atoms with Crippen molar-refractivity contribution in [3.05, 3.63) is 5.15 Å². The van der Waals surface area contributed by atoms with Crippen molar-refractivity contribution in [3.8, 4) is 0 Å². The summed E-state index contributed by atoms with van der Waals surface area (Å²) in [6, 6.07) is 0. The lowest BCUT2D eigenvalue weighted by Crippen LogP contribution is -2.01. The number of halogens is 1. The SMILES string of the molecule is [AlH2][c]1nsnc1Cl. The van der Waals surface area contributed by atoms with E-state index in [-0.39, 0.29) is 0 Å². The van der Waals surface area contributed by atoms with Crippen LogP contribution in [0.3, 0.4) is 0 Å². The molecule has 36 valence electrons.